The van der Waals surface area contributed by atoms with E-state index in [1.807, 2.05) is 36.8 Å². The highest BCUT2D eigenvalue weighted by atomic mass is 35.5. The number of benzene rings is 1. The lowest BCUT2D eigenvalue weighted by Crippen LogP contribution is -2.36. The summed E-state index contributed by atoms with van der Waals surface area (Å²) in [7, 11) is 0. The van der Waals surface area contributed by atoms with Gasteiger partial charge in [0.15, 0.2) is 0 Å². The molecule has 2 heterocycles. The first-order valence-corrected chi connectivity index (χ1v) is 9.48. The number of aromatic nitrogens is 2. The number of pyridine rings is 2. The molecule has 0 aliphatic heterocycles. The Labute approximate surface area is 158 Å². The highest BCUT2D eigenvalue weighted by Crippen LogP contribution is 2.32. The Morgan fingerprint density at radius 3 is 2.54 bits per heavy atom. The van der Waals surface area contributed by atoms with E-state index in [9.17, 15) is 0 Å². The Bertz CT molecular complexity index is 864. The summed E-state index contributed by atoms with van der Waals surface area (Å²) < 4.78 is 6.22. The molecular formula is C21H22ClN3O. The van der Waals surface area contributed by atoms with E-state index in [-0.39, 0.29) is 6.10 Å². The van der Waals surface area contributed by atoms with Gasteiger partial charge in [-0.1, -0.05) is 11.6 Å². The van der Waals surface area contributed by atoms with Crippen molar-refractivity contribution in [3.63, 3.8) is 0 Å². The minimum atomic E-state index is 0.228. The first-order chi connectivity index (χ1) is 12.8. The standard InChI is InChI=1S/C21H22ClN3O/c22-20-11-17-14-24-10-7-16(17)12-21(20)26-19-3-1-18(2-4-19)25-13-15-5-8-23-9-6-15/h5-12,14,18-19,25H,1-4,13H2. The van der Waals surface area contributed by atoms with Crippen molar-refractivity contribution in [2.45, 2.75) is 44.4 Å². The molecule has 1 aliphatic rings. The van der Waals surface area contributed by atoms with E-state index in [4.69, 9.17) is 16.3 Å². The predicted octanol–water partition coefficient (Wildman–Crippen LogP) is 4.76. The van der Waals surface area contributed by atoms with Crippen LogP contribution in [-0.2, 0) is 6.54 Å². The van der Waals surface area contributed by atoms with E-state index in [0.717, 1.165) is 48.8 Å². The summed E-state index contributed by atoms with van der Waals surface area (Å²) in [5.41, 5.74) is 1.27. The van der Waals surface area contributed by atoms with E-state index >= 15 is 0 Å². The van der Waals surface area contributed by atoms with Crippen LogP contribution in [0.25, 0.3) is 10.8 Å². The average molecular weight is 368 g/mol. The second-order valence-corrected chi connectivity index (χ2v) is 7.24. The SMILES string of the molecule is Clc1cc2cnccc2cc1OC1CCC(NCc2ccncc2)CC1. The van der Waals surface area contributed by atoms with Gasteiger partial charge in [-0.3, -0.25) is 9.97 Å². The van der Waals surface area contributed by atoms with Gasteiger partial charge in [-0.25, -0.2) is 0 Å². The molecule has 1 N–H and O–H groups in total. The van der Waals surface area contributed by atoms with Gasteiger partial charge in [-0.2, -0.15) is 0 Å². The molecule has 1 aliphatic carbocycles. The molecule has 0 atom stereocenters. The molecule has 3 aromatic rings. The Kier molecular flexibility index (Phi) is 5.32. The minimum Gasteiger partial charge on any atom is -0.489 e. The van der Waals surface area contributed by atoms with Gasteiger partial charge < -0.3 is 10.1 Å². The summed E-state index contributed by atoms with van der Waals surface area (Å²) in [6.07, 6.45) is 11.8. The highest BCUT2D eigenvalue weighted by molar-refractivity contribution is 6.32. The molecule has 134 valence electrons. The smallest absolute Gasteiger partial charge is 0.138 e. The maximum atomic E-state index is 6.40. The lowest BCUT2D eigenvalue weighted by Gasteiger charge is -2.30. The van der Waals surface area contributed by atoms with Crippen LogP contribution in [0.4, 0.5) is 0 Å². The van der Waals surface area contributed by atoms with E-state index < -0.39 is 0 Å². The fraction of sp³-hybridized carbons (Fsp3) is 0.333. The maximum Gasteiger partial charge on any atom is 0.138 e. The van der Waals surface area contributed by atoms with E-state index in [1.54, 1.807) is 6.20 Å². The number of hydrogen-bond donors (Lipinski definition) is 1. The van der Waals surface area contributed by atoms with Gasteiger partial charge in [-0.15, -0.1) is 0 Å². The molecule has 0 unspecified atom stereocenters. The van der Waals surface area contributed by atoms with E-state index in [2.05, 4.69) is 27.4 Å². The van der Waals surface area contributed by atoms with Crippen molar-refractivity contribution in [2.75, 3.05) is 0 Å². The molecule has 0 spiro atoms. The molecule has 4 rings (SSSR count). The Morgan fingerprint density at radius 1 is 0.962 bits per heavy atom. The number of fused-ring (bicyclic) bond motifs is 1. The monoisotopic (exact) mass is 367 g/mol. The number of nitrogens with zero attached hydrogens (tertiary/aromatic N) is 2. The largest absolute Gasteiger partial charge is 0.489 e. The zero-order valence-electron chi connectivity index (χ0n) is 14.6. The number of ether oxygens (including phenoxy) is 1. The van der Waals surface area contributed by atoms with Crippen molar-refractivity contribution in [1.82, 2.24) is 15.3 Å². The maximum absolute atomic E-state index is 6.40. The molecule has 2 aromatic heterocycles. The van der Waals surface area contributed by atoms with Crippen LogP contribution in [0.1, 0.15) is 31.2 Å². The fourth-order valence-electron chi connectivity index (χ4n) is 3.50. The van der Waals surface area contributed by atoms with Crippen LogP contribution in [0.15, 0.2) is 55.1 Å². The van der Waals surface area contributed by atoms with Gasteiger partial charge in [-0.05, 0) is 67.0 Å². The summed E-state index contributed by atoms with van der Waals surface area (Å²) in [4.78, 5) is 8.19. The molecule has 1 aromatic carbocycles. The number of nitrogens with one attached hydrogen (secondary N) is 1. The molecule has 0 radical (unpaired) electrons. The Hall–Kier alpha value is -2.17. The lowest BCUT2D eigenvalue weighted by atomic mass is 9.92. The zero-order valence-corrected chi connectivity index (χ0v) is 15.3. The molecule has 5 heteroatoms. The first-order valence-electron chi connectivity index (χ1n) is 9.10. The highest BCUT2D eigenvalue weighted by Gasteiger charge is 2.22. The summed E-state index contributed by atoms with van der Waals surface area (Å²) in [5.74, 6) is 0.776. The fourth-order valence-corrected chi connectivity index (χ4v) is 3.72. The van der Waals surface area contributed by atoms with Gasteiger partial charge in [0.2, 0.25) is 0 Å². The third-order valence-corrected chi connectivity index (χ3v) is 5.30. The van der Waals surface area contributed by atoms with Crippen LogP contribution in [-0.4, -0.2) is 22.1 Å². The number of halogens is 1. The van der Waals surface area contributed by atoms with Crippen molar-refractivity contribution >= 4 is 22.4 Å². The van der Waals surface area contributed by atoms with E-state index in [1.165, 1.54) is 5.56 Å². The van der Waals surface area contributed by atoms with Crippen molar-refractivity contribution in [1.29, 1.82) is 0 Å². The van der Waals surface area contributed by atoms with Gasteiger partial charge in [0, 0.05) is 42.8 Å². The van der Waals surface area contributed by atoms with Gasteiger partial charge in [0.1, 0.15) is 5.75 Å². The molecule has 0 bridgehead atoms. The molecule has 26 heavy (non-hydrogen) atoms. The average Bonchev–Trinajstić information content (AvgIpc) is 2.69. The minimum absolute atomic E-state index is 0.228. The summed E-state index contributed by atoms with van der Waals surface area (Å²) in [6, 6.07) is 10.6. The molecule has 1 fully saturated rings. The van der Waals surface area contributed by atoms with Crippen molar-refractivity contribution in [3.8, 4) is 5.75 Å². The molecule has 4 nitrogen and oxygen atoms in total. The van der Waals surface area contributed by atoms with Crippen molar-refractivity contribution in [3.05, 3.63) is 65.7 Å². The van der Waals surface area contributed by atoms with Crippen molar-refractivity contribution < 1.29 is 4.74 Å². The Balaban J connectivity index is 1.32. The third-order valence-electron chi connectivity index (χ3n) is 5.00. The van der Waals surface area contributed by atoms with Crippen LogP contribution in [0, 0.1) is 0 Å². The normalized spacial score (nSPS) is 20.2. The summed E-state index contributed by atoms with van der Waals surface area (Å²) >= 11 is 6.40. The second-order valence-electron chi connectivity index (χ2n) is 6.83. The van der Waals surface area contributed by atoms with Crippen LogP contribution < -0.4 is 10.1 Å². The van der Waals surface area contributed by atoms with E-state index in [0.29, 0.717) is 11.1 Å². The molecule has 1 saturated carbocycles. The first kappa shape index (κ1) is 17.3. The number of rotatable bonds is 5. The van der Waals surface area contributed by atoms with Crippen LogP contribution >= 0.6 is 11.6 Å². The summed E-state index contributed by atoms with van der Waals surface area (Å²) in [6.45, 7) is 0.892. The topological polar surface area (TPSA) is 47.0 Å². The quantitative estimate of drug-likeness (QED) is 0.706. The zero-order chi connectivity index (χ0) is 17.8. The van der Waals surface area contributed by atoms with Gasteiger partial charge in [0.05, 0.1) is 11.1 Å². The predicted molar refractivity (Wildman–Crippen MR) is 105 cm³/mol. The number of hydrogen-bond acceptors (Lipinski definition) is 4. The molecule has 0 saturated heterocycles. The summed E-state index contributed by atoms with van der Waals surface area (Å²) in [5, 5.41) is 6.44. The lowest BCUT2D eigenvalue weighted by molar-refractivity contribution is 0.139. The van der Waals surface area contributed by atoms with Gasteiger partial charge >= 0.3 is 0 Å². The van der Waals surface area contributed by atoms with Gasteiger partial charge in [0.25, 0.3) is 0 Å². The second kappa shape index (κ2) is 8.02. The molecular weight excluding hydrogens is 346 g/mol. The molecule has 0 amide bonds. The van der Waals surface area contributed by atoms with Crippen molar-refractivity contribution in [2.24, 2.45) is 0 Å². The van der Waals surface area contributed by atoms with Crippen LogP contribution in [0.3, 0.4) is 0 Å². The Morgan fingerprint density at radius 2 is 1.73 bits per heavy atom. The van der Waals surface area contributed by atoms with Crippen LogP contribution in [0.2, 0.25) is 5.02 Å². The van der Waals surface area contributed by atoms with Crippen LogP contribution in [0.5, 0.6) is 5.75 Å². The third kappa shape index (κ3) is 4.14.